The zero-order chi connectivity index (χ0) is 17.4. The monoisotopic (exact) mass is 370 g/mol. The molecule has 5 nitrogen and oxygen atoms in total. The SMILES string of the molecule is CCCOc1ccc(C(=O)N2CCCC(CNC)C2)cc1OCC.Cl. The molecule has 0 aromatic heterocycles. The lowest BCUT2D eigenvalue weighted by atomic mass is 9.97. The van der Waals surface area contributed by atoms with E-state index in [0.717, 1.165) is 32.5 Å². The zero-order valence-corrected chi connectivity index (χ0v) is 16.4. The number of amides is 1. The molecule has 1 heterocycles. The number of rotatable bonds is 8. The van der Waals surface area contributed by atoms with Crippen LogP contribution in [-0.4, -0.2) is 50.7 Å². The average Bonchev–Trinajstić information content (AvgIpc) is 2.61. The first-order chi connectivity index (χ1) is 11.7. The summed E-state index contributed by atoms with van der Waals surface area (Å²) in [6.45, 7) is 7.80. The van der Waals surface area contributed by atoms with Crippen LogP contribution in [0, 0.1) is 5.92 Å². The molecule has 0 bridgehead atoms. The third kappa shape index (κ3) is 6.08. The number of nitrogens with one attached hydrogen (secondary N) is 1. The van der Waals surface area contributed by atoms with Crippen LogP contribution in [0.15, 0.2) is 18.2 Å². The number of hydrogen-bond donors (Lipinski definition) is 1. The van der Waals surface area contributed by atoms with Crippen molar-refractivity contribution in [3.05, 3.63) is 23.8 Å². The van der Waals surface area contributed by atoms with Gasteiger partial charge < -0.3 is 19.7 Å². The number of hydrogen-bond acceptors (Lipinski definition) is 4. The highest BCUT2D eigenvalue weighted by atomic mass is 35.5. The first-order valence-electron chi connectivity index (χ1n) is 9.03. The van der Waals surface area contributed by atoms with Gasteiger partial charge in [0.1, 0.15) is 0 Å². The Morgan fingerprint density at radius 1 is 1.28 bits per heavy atom. The van der Waals surface area contributed by atoms with Crippen molar-refractivity contribution in [1.29, 1.82) is 0 Å². The number of benzene rings is 1. The van der Waals surface area contributed by atoms with Crippen LogP contribution >= 0.6 is 12.4 Å². The summed E-state index contributed by atoms with van der Waals surface area (Å²) in [6.07, 6.45) is 3.18. The quantitative estimate of drug-likeness (QED) is 0.762. The van der Waals surface area contributed by atoms with Crippen LogP contribution in [0.5, 0.6) is 11.5 Å². The molecule has 6 heteroatoms. The maximum atomic E-state index is 12.8. The number of piperidine rings is 1. The maximum absolute atomic E-state index is 12.8. The van der Waals surface area contributed by atoms with Gasteiger partial charge in [0.05, 0.1) is 13.2 Å². The van der Waals surface area contributed by atoms with Gasteiger partial charge in [0.15, 0.2) is 11.5 Å². The van der Waals surface area contributed by atoms with Crippen LogP contribution in [0.25, 0.3) is 0 Å². The minimum Gasteiger partial charge on any atom is -0.490 e. The molecule has 1 saturated heterocycles. The summed E-state index contributed by atoms with van der Waals surface area (Å²) in [5.41, 5.74) is 0.674. The lowest BCUT2D eigenvalue weighted by molar-refractivity contribution is 0.0673. The molecule has 1 fully saturated rings. The van der Waals surface area contributed by atoms with Crippen LogP contribution in [0.2, 0.25) is 0 Å². The van der Waals surface area contributed by atoms with E-state index in [2.05, 4.69) is 12.2 Å². The molecular weight excluding hydrogens is 340 g/mol. The summed E-state index contributed by atoms with van der Waals surface area (Å²) in [4.78, 5) is 14.8. The molecule has 0 radical (unpaired) electrons. The lowest BCUT2D eigenvalue weighted by Gasteiger charge is -2.33. The van der Waals surface area contributed by atoms with Gasteiger partial charge in [-0.15, -0.1) is 12.4 Å². The minimum absolute atomic E-state index is 0. The average molecular weight is 371 g/mol. The number of ether oxygens (including phenoxy) is 2. The van der Waals surface area contributed by atoms with E-state index in [4.69, 9.17) is 9.47 Å². The fourth-order valence-corrected chi connectivity index (χ4v) is 3.13. The molecule has 1 unspecified atom stereocenters. The fraction of sp³-hybridized carbons (Fsp3) is 0.632. The molecular formula is C19H31ClN2O3. The van der Waals surface area contributed by atoms with E-state index in [1.807, 2.05) is 37.1 Å². The summed E-state index contributed by atoms with van der Waals surface area (Å²) in [7, 11) is 1.96. The molecule has 1 atom stereocenters. The lowest BCUT2D eigenvalue weighted by Crippen LogP contribution is -2.42. The molecule has 1 N–H and O–H groups in total. The van der Waals surface area contributed by atoms with Crippen molar-refractivity contribution in [3.63, 3.8) is 0 Å². The van der Waals surface area contributed by atoms with Crippen LogP contribution in [0.1, 0.15) is 43.5 Å². The summed E-state index contributed by atoms with van der Waals surface area (Å²) < 4.78 is 11.4. The highest BCUT2D eigenvalue weighted by Gasteiger charge is 2.24. The van der Waals surface area contributed by atoms with Crippen LogP contribution in [0.4, 0.5) is 0 Å². The van der Waals surface area contributed by atoms with E-state index in [9.17, 15) is 4.79 Å². The van der Waals surface area contributed by atoms with E-state index < -0.39 is 0 Å². The molecule has 1 aliphatic heterocycles. The van der Waals surface area contributed by atoms with E-state index in [0.29, 0.717) is 36.2 Å². The molecule has 0 spiro atoms. The topological polar surface area (TPSA) is 50.8 Å². The molecule has 1 aliphatic rings. The number of carbonyl (C=O) groups excluding carboxylic acids is 1. The van der Waals surface area contributed by atoms with Gasteiger partial charge in [-0.1, -0.05) is 6.92 Å². The highest BCUT2D eigenvalue weighted by molar-refractivity contribution is 5.95. The maximum Gasteiger partial charge on any atom is 0.254 e. The van der Waals surface area contributed by atoms with Crippen molar-refractivity contribution >= 4 is 18.3 Å². The van der Waals surface area contributed by atoms with Crippen molar-refractivity contribution in [3.8, 4) is 11.5 Å². The number of halogens is 1. The number of likely N-dealkylation sites (tertiary alicyclic amines) is 1. The predicted octanol–water partition coefficient (Wildman–Crippen LogP) is 3.37. The van der Waals surface area contributed by atoms with Gasteiger partial charge in [-0.25, -0.2) is 0 Å². The van der Waals surface area contributed by atoms with Crippen molar-refractivity contribution < 1.29 is 14.3 Å². The second-order valence-corrected chi connectivity index (χ2v) is 6.26. The standard InChI is InChI=1S/C19H30N2O3.ClH/c1-4-11-24-17-9-8-16(12-18(17)23-5-2)19(22)21-10-6-7-15(14-21)13-20-3;/h8-9,12,15,20H,4-7,10-11,13-14H2,1-3H3;1H. The Bertz CT molecular complexity index is 537. The van der Waals surface area contributed by atoms with Crippen molar-refractivity contribution in [2.24, 2.45) is 5.92 Å². The van der Waals surface area contributed by atoms with Gasteiger partial charge in [-0.3, -0.25) is 4.79 Å². The summed E-state index contributed by atoms with van der Waals surface area (Å²) in [5, 5.41) is 3.22. The van der Waals surface area contributed by atoms with Gasteiger partial charge in [-0.2, -0.15) is 0 Å². The Kier molecular flexibility index (Phi) is 9.68. The van der Waals surface area contributed by atoms with Gasteiger partial charge in [0, 0.05) is 18.7 Å². The van der Waals surface area contributed by atoms with Crippen LogP contribution in [0.3, 0.4) is 0 Å². The Morgan fingerprint density at radius 3 is 2.76 bits per heavy atom. The summed E-state index contributed by atoms with van der Waals surface area (Å²) in [6, 6.07) is 5.51. The van der Waals surface area contributed by atoms with E-state index in [1.165, 1.54) is 6.42 Å². The third-order valence-corrected chi connectivity index (χ3v) is 4.25. The van der Waals surface area contributed by atoms with Crippen molar-refractivity contribution in [2.45, 2.75) is 33.1 Å². The van der Waals surface area contributed by atoms with E-state index in [1.54, 1.807) is 0 Å². The normalized spacial score (nSPS) is 16.9. The molecule has 1 aromatic rings. The Hall–Kier alpha value is -1.46. The Balaban J connectivity index is 0.00000312. The summed E-state index contributed by atoms with van der Waals surface area (Å²) in [5.74, 6) is 1.98. The van der Waals surface area contributed by atoms with Gasteiger partial charge >= 0.3 is 0 Å². The fourth-order valence-electron chi connectivity index (χ4n) is 3.13. The third-order valence-electron chi connectivity index (χ3n) is 4.25. The molecule has 25 heavy (non-hydrogen) atoms. The van der Waals surface area contributed by atoms with Gasteiger partial charge in [-0.05, 0) is 63.9 Å². The zero-order valence-electron chi connectivity index (χ0n) is 15.5. The first-order valence-corrected chi connectivity index (χ1v) is 9.03. The second-order valence-electron chi connectivity index (χ2n) is 6.26. The minimum atomic E-state index is 0. The highest BCUT2D eigenvalue weighted by Crippen LogP contribution is 2.30. The van der Waals surface area contributed by atoms with Gasteiger partial charge in [0.25, 0.3) is 5.91 Å². The first kappa shape index (κ1) is 21.6. The second kappa shape index (κ2) is 11.2. The van der Waals surface area contributed by atoms with Gasteiger partial charge in [0.2, 0.25) is 0 Å². The van der Waals surface area contributed by atoms with E-state index in [-0.39, 0.29) is 18.3 Å². The molecule has 2 rings (SSSR count). The van der Waals surface area contributed by atoms with Crippen LogP contribution in [-0.2, 0) is 0 Å². The predicted molar refractivity (Wildman–Crippen MR) is 103 cm³/mol. The van der Waals surface area contributed by atoms with Crippen LogP contribution < -0.4 is 14.8 Å². The molecule has 1 amide bonds. The molecule has 0 aliphatic carbocycles. The van der Waals surface area contributed by atoms with E-state index >= 15 is 0 Å². The smallest absolute Gasteiger partial charge is 0.254 e. The summed E-state index contributed by atoms with van der Waals surface area (Å²) >= 11 is 0. The molecule has 0 saturated carbocycles. The largest absolute Gasteiger partial charge is 0.490 e. The molecule has 142 valence electrons. The number of carbonyl (C=O) groups is 1. The molecule has 1 aromatic carbocycles. The van der Waals surface area contributed by atoms with Crippen molar-refractivity contribution in [1.82, 2.24) is 10.2 Å². The number of nitrogens with zero attached hydrogens (tertiary/aromatic N) is 1. The van der Waals surface area contributed by atoms with Crippen molar-refractivity contribution in [2.75, 3.05) is 39.9 Å². The Labute approximate surface area is 157 Å². The Morgan fingerprint density at radius 2 is 2.08 bits per heavy atom.